The quantitative estimate of drug-likeness (QED) is 0.776. The molecule has 0 aliphatic heterocycles. The molecule has 0 amide bonds. The van der Waals surface area contributed by atoms with Crippen LogP contribution in [0.2, 0.25) is 0 Å². The maximum absolute atomic E-state index is 12.3. The number of aromatic nitrogens is 1. The molecular formula is C13H10F3N. The first kappa shape index (κ1) is 11.6. The Hall–Kier alpha value is -1.84. The molecule has 0 saturated heterocycles. The maximum Gasteiger partial charge on any atom is 0.416 e. The van der Waals surface area contributed by atoms with Crippen molar-refractivity contribution in [3.63, 3.8) is 0 Å². The van der Waals surface area contributed by atoms with Crippen LogP contribution >= 0.6 is 0 Å². The number of hydrogen-bond acceptors (Lipinski definition) is 1. The van der Waals surface area contributed by atoms with Crippen LogP contribution in [0.15, 0.2) is 48.8 Å². The van der Waals surface area contributed by atoms with Crippen molar-refractivity contribution in [2.45, 2.75) is 12.6 Å². The lowest BCUT2D eigenvalue weighted by atomic mass is 10.0. The van der Waals surface area contributed by atoms with Crippen LogP contribution in [0.5, 0.6) is 0 Å². The SMILES string of the molecule is FC(F)(F)c1ccc(Cc2cccnc2)cc1. The molecule has 17 heavy (non-hydrogen) atoms. The molecule has 0 aliphatic rings. The summed E-state index contributed by atoms with van der Waals surface area (Å²) in [5.74, 6) is 0. The van der Waals surface area contributed by atoms with Gasteiger partial charge in [0, 0.05) is 12.4 Å². The van der Waals surface area contributed by atoms with Crippen molar-refractivity contribution >= 4 is 0 Å². The molecule has 0 saturated carbocycles. The molecule has 0 unspecified atom stereocenters. The zero-order valence-corrected chi connectivity index (χ0v) is 8.91. The third-order valence-electron chi connectivity index (χ3n) is 2.41. The Labute approximate surface area is 96.9 Å². The Morgan fingerprint density at radius 1 is 0.941 bits per heavy atom. The van der Waals surface area contributed by atoms with Crippen LogP contribution in [-0.4, -0.2) is 4.98 Å². The zero-order chi connectivity index (χ0) is 12.3. The van der Waals surface area contributed by atoms with Crippen molar-refractivity contribution in [1.29, 1.82) is 0 Å². The highest BCUT2D eigenvalue weighted by atomic mass is 19.4. The van der Waals surface area contributed by atoms with Gasteiger partial charge in [0.1, 0.15) is 0 Å². The number of nitrogens with zero attached hydrogens (tertiary/aromatic N) is 1. The van der Waals surface area contributed by atoms with Crippen LogP contribution in [-0.2, 0) is 12.6 Å². The van der Waals surface area contributed by atoms with Gasteiger partial charge in [-0.2, -0.15) is 13.2 Å². The van der Waals surface area contributed by atoms with Gasteiger partial charge in [0.15, 0.2) is 0 Å². The van der Waals surface area contributed by atoms with Gasteiger partial charge < -0.3 is 0 Å². The lowest BCUT2D eigenvalue weighted by molar-refractivity contribution is -0.137. The monoisotopic (exact) mass is 237 g/mol. The standard InChI is InChI=1S/C13H10F3N/c14-13(15,16)12-5-3-10(4-6-12)8-11-2-1-7-17-9-11/h1-7,9H,8H2. The van der Waals surface area contributed by atoms with Gasteiger partial charge in [0.05, 0.1) is 5.56 Å². The molecule has 0 aliphatic carbocycles. The fourth-order valence-electron chi connectivity index (χ4n) is 1.55. The van der Waals surface area contributed by atoms with Gasteiger partial charge >= 0.3 is 6.18 Å². The third kappa shape index (κ3) is 3.06. The summed E-state index contributed by atoms with van der Waals surface area (Å²) >= 11 is 0. The van der Waals surface area contributed by atoms with Crippen molar-refractivity contribution in [1.82, 2.24) is 4.98 Å². The molecular weight excluding hydrogens is 227 g/mol. The topological polar surface area (TPSA) is 12.9 Å². The molecule has 88 valence electrons. The van der Waals surface area contributed by atoms with Gasteiger partial charge in [-0.05, 0) is 35.7 Å². The van der Waals surface area contributed by atoms with Crippen LogP contribution < -0.4 is 0 Å². The molecule has 0 atom stereocenters. The largest absolute Gasteiger partial charge is 0.416 e. The summed E-state index contributed by atoms with van der Waals surface area (Å²) in [4.78, 5) is 3.96. The molecule has 0 spiro atoms. The second-order valence-electron chi connectivity index (χ2n) is 3.73. The summed E-state index contributed by atoms with van der Waals surface area (Å²) in [5, 5.41) is 0. The van der Waals surface area contributed by atoms with Crippen molar-refractivity contribution in [3.8, 4) is 0 Å². The smallest absolute Gasteiger partial charge is 0.264 e. The molecule has 0 N–H and O–H groups in total. The zero-order valence-electron chi connectivity index (χ0n) is 8.91. The molecule has 2 rings (SSSR count). The van der Waals surface area contributed by atoms with Crippen LogP contribution in [0.3, 0.4) is 0 Å². The van der Waals surface area contributed by atoms with E-state index in [2.05, 4.69) is 4.98 Å². The molecule has 1 aromatic carbocycles. The molecule has 1 nitrogen and oxygen atoms in total. The number of alkyl halides is 3. The van der Waals surface area contributed by atoms with Crippen molar-refractivity contribution in [2.24, 2.45) is 0 Å². The van der Waals surface area contributed by atoms with E-state index in [1.807, 2.05) is 6.07 Å². The molecule has 2 aromatic rings. The van der Waals surface area contributed by atoms with E-state index in [0.717, 1.165) is 23.3 Å². The summed E-state index contributed by atoms with van der Waals surface area (Å²) in [5.41, 5.74) is 1.20. The summed E-state index contributed by atoms with van der Waals surface area (Å²) in [6.07, 6.45) is -0.313. The van der Waals surface area contributed by atoms with Crippen molar-refractivity contribution < 1.29 is 13.2 Å². The molecule has 1 heterocycles. The van der Waals surface area contributed by atoms with Gasteiger partial charge in [0.25, 0.3) is 0 Å². The van der Waals surface area contributed by atoms with Crippen molar-refractivity contribution in [3.05, 3.63) is 65.5 Å². The number of pyridine rings is 1. The summed E-state index contributed by atoms with van der Waals surface area (Å²) in [7, 11) is 0. The van der Waals surface area contributed by atoms with E-state index in [1.54, 1.807) is 18.5 Å². The molecule has 1 aromatic heterocycles. The Kier molecular flexibility index (Phi) is 3.13. The Morgan fingerprint density at radius 3 is 2.18 bits per heavy atom. The van der Waals surface area contributed by atoms with E-state index in [9.17, 15) is 13.2 Å². The Morgan fingerprint density at radius 2 is 1.65 bits per heavy atom. The van der Waals surface area contributed by atoms with Gasteiger partial charge in [-0.25, -0.2) is 0 Å². The summed E-state index contributed by atoms with van der Waals surface area (Å²) < 4.78 is 37.0. The van der Waals surface area contributed by atoms with Gasteiger partial charge in [-0.1, -0.05) is 18.2 Å². The maximum atomic E-state index is 12.3. The van der Waals surface area contributed by atoms with Gasteiger partial charge in [0.2, 0.25) is 0 Å². The second-order valence-corrected chi connectivity index (χ2v) is 3.73. The van der Waals surface area contributed by atoms with E-state index in [0.29, 0.717) is 6.42 Å². The van der Waals surface area contributed by atoms with E-state index in [1.165, 1.54) is 12.1 Å². The minimum Gasteiger partial charge on any atom is -0.264 e. The van der Waals surface area contributed by atoms with Crippen molar-refractivity contribution in [2.75, 3.05) is 0 Å². The van der Waals surface area contributed by atoms with Gasteiger partial charge in [-0.15, -0.1) is 0 Å². The lowest BCUT2D eigenvalue weighted by Gasteiger charge is -2.07. The first-order valence-electron chi connectivity index (χ1n) is 5.11. The van der Waals surface area contributed by atoms with E-state index >= 15 is 0 Å². The Bertz CT molecular complexity index is 474. The van der Waals surface area contributed by atoms with E-state index in [-0.39, 0.29) is 0 Å². The highest BCUT2D eigenvalue weighted by Crippen LogP contribution is 2.29. The fourth-order valence-corrected chi connectivity index (χ4v) is 1.55. The normalized spacial score (nSPS) is 11.5. The first-order valence-corrected chi connectivity index (χ1v) is 5.11. The number of rotatable bonds is 2. The fraction of sp³-hybridized carbons (Fsp3) is 0.154. The van der Waals surface area contributed by atoms with Gasteiger partial charge in [-0.3, -0.25) is 4.98 Å². The van der Waals surface area contributed by atoms with Crippen LogP contribution in [0.25, 0.3) is 0 Å². The highest BCUT2D eigenvalue weighted by molar-refractivity contribution is 5.28. The predicted molar refractivity (Wildman–Crippen MR) is 58.5 cm³/mol. The predicted octanol–water partition coefficient (Wildman–Crippen LogP) is 3.69. The average Bonchev–Trinajstić information content (AvgIpc) is 2.30. The second kappa shape index (κ2) is 4.57. The summed E-state index contributed by atoms with van der Waals surface area (Å²) in [6.45, 7) is 0. The molecule has 0 fully saturated rings. The molecule has 4 heteroatoms. The Balaban J connectivity index is 2.14. The minimum absolute atomic E-state index is 0.589. The number of halogens is 3. The van der Waals surface area contributed by atoms with Crippen LogP contribution in [0, 0.1) is 0 Å². The average molecular weight is 237 g/mol. The minimum atomic E-state index is -4.27. The van der Waals surface area contributed by atoms with E-state index in [4.69, 9.17) is 0 Å². The third-order valence-corrected chi connectivity index (χ3v) is 2.41. The summed E-state index contributed by atoms with van der Waals surface area (Å²) in [6, 6.07) is 8.90. The first-order chi connectivity index (χ1) is 8.05. The number of benzene rings is 1. The molecule has 0 bridgehead atoms. The number of hydrogen-bond donors (Lipinski definition) is 0. The van der Waals surface area contributed by atoms with E-state index < -0.39 is 11.7 Å². The van der Waals surface area contributed by atoms with Crippen LogP contribution in [0.1, 0.15) is 16.7 Å². The highest BCUT2D eigenvalue weighted by Gasteiger charge is 2.29. The lowest BCUT2D eigenvalue weighted by Crippen LogP contribution is -2.04. The molecule has 0 radical (unpaired) electrons. The van der Waals surface area contributed by atoms with Crippen LogP contribution in [0.4, 0.5) is 13.2 Å².